The summed E-state index contributed by atoms with van der Waals surface area (Å²) in [5, 5.41) is 3.32. The highest BCUT2D eigenvalue weighted by Gasteiger charge is 2.20. The molecule has 0 aliphatic carbocycles. The zero-order valence-corrected chi connectivity index (χ0v) is 15.5. The number of halogens is 1. The average Bonchev–Trinajstić information content (AvgIpc) is 2.68. The Morgan fingerprint density at radius 2 is 1.77 bits per heavy atom. The second-order valence-electron chi connectivity index (χ2n) is 6.12. The van der Waals surface area contributed by atoms with E-state index in [1.165, 1.54) is 12.1 Å². The number of methoxy groups -OCH3 is 1. The van der Waals surface area contributed by atoms with Gasteiger partial charge in [-0.15, -0.1) is 0 Å². The van der Waals surface area contributed by atoms with Gasteiger partial charge in [0.1, 0.15) is 11.6 Å². The summed E-state index contributed by atoms with van der Waals surface area (Å²) in [7, 11) is 5.15. The number of nitrogens with one attached hydrogen (secondary N) is 1. The number of rotatable bonds is 3. The van der Waals surface area contributed by atoms with Crippen molar-refractivity contribution in [3.05, 3.63) is 59.9 Å². The number of amides is 1. The average molecular weight is 359 g/mol. The standard InChI is InChI=1S/C14H21N3O2.C6H5F/c1-16(2)14(18)12-10-11(19-3)4-5-13(12)17-8-6-15-7-9-17;7-6-4-2-1-3-5-6/h4-5,10,15H,6-9H2,1-3H3;1-5H. The van der Waals surface area contributed by atoms with Crippen molar-refractivity contribution in [1.29, 1.82) is 0 Å². The number of carbonyl (C=O) groups is 1. The molecule has 1 N–H and O–H groups in total. The van der Waals surface area contributed by atoms with Gasteiger partial charge in [-0.1, -0.05) is 18.2 Å². The number of benzene rings is 2. The smallest absolute Gasteiger partial charge is 0.255 e. The highest BCUT2D eigenvalue weighted by molar-refractivity contribution is 6.00. The number of ether oxygens (including phenoxy) is 1. The molecule has 0 radical (unpaired) electrons. The lowest BCUT2D eigenvalue weighted by Gasteiger charge is -2.31. The minimum Gasteiger partial charge on any atom is -0.497 e. The van der Waals surface area contributed by atoms with Crippen LogP contribution in [-0.2, 0) is 0 Å². The summed E-state index contributed by atoms with van der Waals surface area (Å²) < 4.78 is 17.1. The number of nitrogens with zero attached hydrogens (tertiary/aromatic N) is 2. The molecule has 1 fully saturated rings. The predicted molar refractivity (Wildman–Crippen MR) is 102 cm³/mol. The van der Waals surface area contributed by atoms with Crippen molar-refractivity contribution >= 4 is 11.6 Å². The monoisotopic (exact) mass is 359 g/mol. The van der Waals surface area contributed by atoms with Crippen LogP contribution in [0.4, 0.5) is 10.1 Å². The number of piperazine rings is 1. The second-order valence-corrected chi connectivity index (χ2v) is 6.12. The summed E-state index contributed by atoms with van der Waals surface area (Å²) >= 11 is 0. The van der Waals surface area contributed by atoms with Crippen molar-refractivity contribution in [3.8, 4) is 5.75 Å². The molecule has 1 amide bonds. The van der Waals surface area contributed by atoms with Gasteiger partial charge >= 0.3 is 0 Å². The van der Waals surface area contributed by atoms with Crippen LogP contribution in [0, 0.1) is 5.82 Å². The molecule has 1 heterocycles. The van der Waals surface area contributed by atoms with E-state index in [2.05, 4.69) is 10.2 Å². The van der Waals surface area contributed by atoms with Gasteiger partial charge in [0, 0.05) is 46.0 Å². The molecule has 1 aliphatic rings. The van der Waals surface area contributed by atoms with E-state index in [9.17, 15) is 9.18 Å². The van der Waals surface area contributed by atoms with Crippen molar-refractivity contribution in [2.24, 2.45) is 0 Å². The van der Waals surface area contributed by atoms with Crippen LogP contribution in [0.2, 0.25) is 0 Å². The largest absolute Gasteiger partial charge is 0.497 e. The van der Waals surface area contributed by atoms with Crippen LogP contribution in [0.15, 0.2) is 48.5 Å². The van der Waals surface area contributed by atoms with Gasteiger partial charge in [-0.05, 0) is 30.3 Å². The molecule has 0 aromatic heterocycles. The van der Waals surface area contributed by atoms with Crippen molar-refractivity contribution in [2.75, 3.05) is 52.3 Å². The minimum atomic E-state index is -0.178. The summed E-state index contributed by atoms with van der Waals surface area (Å²) in [6.07, 6.45) is 0. The molecule has 0 saturated carbocycles. The zero-order valence-electron chi connectivity index (χ0n) is 15.5. The van der Waals surface area contributed by atoms with Gasteiger partial charge < -0.3 is 19.9 Å². The van der Waals surface area contributed by atoms with E-state index in [4.69, 9.17) is 4.74 Å². The molecule has 1 saturated heterocycles. The summed E-state index contributed by atoms with van der Waals surface area (Å²) in [6, 6.07) is 13.6. The van der Waals surface area contributed by atoms with Gasteiger partial charge in [0.2, 0.25) is 0 Å². The quantitative estimate of drug-likeness (QED) is 0.915. The Balaban J connectivity index is 0.000000290. The first-order valence-electron chi connectivity index (χ1n) is 8.59. The molecule has 2 aromatic carbocycles. The number of hydrogen-bond acceptors (Lipinski definition) is 4. The molecule has 3 rings (SSSR count). The van der Waals surface area contributed by atoms with Gasteiger partial charge in [-0.25, -0.2) is 4.39 Å². The number of carbonyl (C=O) groups excluding carboxylic acids is 1. The van der Waals surface area contributed by atoms with Crippen LogP contribution >= 0.6 is 0 Å². The molecule has 1 aliphatic heterocycles. The molecule has 6 heteroatoms. The predicted octanol–water partition coefficient (Wildman–Crippen LogP) is 2.63. The van der Waals surface area contributed by atoms with E-state index in [0.717, 1.165) is 31.9 Å². The SMILES string of the molecule is COc1ccc(N2CCNCC2)c(C(=O)N(C)C)c1.Fc1ccccc1. The summed E-state index contributed by atoms with van der Waals surface area (Å²) in [4.78, 5) is 16.1. The summed E-state index contributed by atoms with van der Waals surface area (Å²) in [5.41, 5.74) is 1.69. The fraction of sp³-hybridized carbons (Fsp3) is 0.350. The molecular formula is C20H26FN3O2. The maximum atomic E-state index is 12.3. The van der Waals surface area contributed by atoms with Gasteiger partial charge in [0.25, 0.3) is 5.91 Å². The lowest BCUT2D eigenvalue weighted by atomic mass is 10.1. The molecule has 0 atom stereocenters. The van der Waals surface area contributed by atoms with Crippen LogP contribution in [0.3, 0.4) is 0 Å². The third-order valence-electron chi connectivity index (χ3n) is 4.03. The maximum absolute atomic E-state index is 12.3. The lowest BCUT2D eigenvalue weighted by molar-refractivity contribution is 0.0827. The Morgan fingerprint density at radius 1 is 1.12 bits per heavy atom. The first-order valence-corrected chi connectivity index (χ1v) is 8.59. The van der Waals surface area contributed by atoms with Crippen LogP contribution in [0.1, 0.15) is 10.4 Å². The zero-order chi connectivity index (χ0) is 18.9. The molecule has 2 aromatic rings. The third kappa shape index (κ3) is 5.46. The Bertz CT molecular complexity index is 701. The molecule has 0 bridgehead atoms. The van der Waals surface area contributed by atoms with E-state index < -0.39 is 0 Å². The van der Waals surface area contributed by atoms with Crippen molar-refractivity contribution in [3.63, 3.8) is 0 Å². The number of anilines is 1. The molecule has 0 unspecified atom stereocenters. The molecule has 140 valence electrons. The first kappa shape index (κ1) is 19.7. The molecule has 5 nitrogen and oxygen atoms in total. The van der Waals surface area contributed by atoms with Crippen LogP contribution < -0.4 is 15.0 Å². The first-order chi connectivity index (χ1) is 12.5. The van der Waals surface area contributed by atoms with E-state index in [1.807, 2.05) is 18.2 Å². The Morgan fingerprint density at radius 3 is 2.27 bits per heavy atom. The van der Waals surface area contributed by atoms with Crippen molar-refractivity contribution in [1.82, 2.24) is 10.2 Å². The van der Waals surface area contributed by atoms with E-state index >= 15 is 0 Å². The number of hydrogen-bond donors (Lipinski definition) is 1. The fourth-order valence-electron chi connectivity index (χ4n) is 2.65. The van der Waals surface area contributed by atoms with Crippen molar-refractivity contribution in [2.45, 2.75) is 0 Å². The highest BCUT2D eigenvalue weighted by atomic mass is 19.1. The molecule has 0 spiro atoms. The molecule has 26 heavy (non-hydrogen) atoms. The molecular weight excluding hydrogens is 333 g/mol. The van der Waals surface area contributed by atoms with Gasteiger partial charge in [0.05, 0.1) is 12.7 Å². The van der Waals surface area contributed by atoms with Crippen LogP contribution in [0.25, 0.3) is 0 Å². The Labute approximate surface area is 154 Å². The van der Waals surface area contributed by atoms with Gasteiger partial charge in [-0.2, -0.15) is 0 Å². The second kappa shape index (κ2) is 9.77. The van der Waals surface area contributed by atoms with Crippen LogP contribution in [0.5, 0.6) is 5.75 Å². The summed E-state index contributed by atoms with van der Waals surface area (Å²) in [6.45, 7) is 3.73. The van der Waals surface area contributed by atoms with E-state index in [1.54, 1.807) is 44.3 Å². The van der Waals surface area contributed by atoms with Crippen LogP contribution in [-0.4, -0.2) is 58.2 Å². The van der Waals surface area contributed by atoms with E-state index in [-0.39, 0.29) is 11.7 Å². The summed E-state index contributed by atoms with van der Waals surface area (Å²) in [5.74, 6) is 0.541. The fourth-order valence-corrected chi connectivity index (χ4v) is 2.65. The topological polar surface area (TPSA) is 44.8 Å². The Hall–Kier alpha value is -2.60. The lowest BCUT2D eigenvalue weighted by Crippen LogP contribution is -2.44. The van der Waals surface area contributed by atoms with Gasteiger partial charge in [0.15, 0.2) is 0 Å². The normalized spacial score (nSPS) is 13.5. The van der Waals surface area contributed by atoms with E-state index in [0.29, 0.717) is 11.3 Å². The van der Waals surface area contributed by atoms with Crippen molar-refractivity contribution < 1.29 is 13.9 Å². The third-order valence-corrected chi connectivity index (χ3v) is 4.03. The minimum absolute atomic E-state index is 0.00688. The maximum Gasteiger partial charge on any atom is 0.255 e. The Kier molecular flexibility index (Phi) is 7.41. The van der Waals surface area contributed by atoms with Gasteiger partial charge in [-0.3, -0.25) is 4.79 Å². The highest BCUT2D eigenvalue weighted by Crippen LogP contribution is 2.26.